The molecule has 1 aromatic heterocycles. The molecule has 0 amide bonds. The molecule has 0 aliphatic heterocycles. The Balaban J connectivity index is 2.61. The van der Waals surface area contributed by atoms with E-state index in [0.717, 1.165) is 12.0 Å². The number of aliphatic hydroxyl groups is 1. The molecule has 0 fully saturated rings. The van der Waals surface area contributed by atoms with Crippen molar-refractivity contribution in [2.24, 2.45) is 0 Å². The van der Waals surface area contributed by atoms with Gasteiger partial charge >= 0.3 is 0 Å². The van der Waals surface area contributed by atoms with Gasteiger partial charge in [-0.1, -0.05) is 18.2 Å². The Kier molecular flexibility index (Phi) is 4.20. The lowest BCUT2D eigenvalue weighted by Crippen LogP contribution is -2.34. The number of aryl methyl sites for hydroxylation is 1. The van der Waals surface area contributed by atoms with Gasteiger partial charge in [0.25, 0.3) is 0 Å². The first-order chi connectivity index (χ1) is 9.60. The molecule has 0 radical (unpaired) electrons. The Morgan fingerprint density at radius 1 is 1.40 bits per heavy atom. The zero-order valence-corrected chi connectivity index (χ0v) is 11.9. The van der Waals surface area contributed by atoms with E-state index in [0.29, 0.717) is 17.1 Å². The van der Waals surface area contributed by atoms with Crippen LogP contribution in [0.1, 0.15) is 23.0 Å². The summed E-state index contributed by atoms with van der Waals surface area (Å²) in [5.41, 5.74) is 2.11. The van der Waals surface area contributed by atoms with Gasteiger partial charge in [-0.05, 0) is 26.0 Å². The van der Waals surface area contributed by atoms with Gasteiger partial charge in [0.1, 0.15) is 5.82 Å². The van der Waals surface area contributed by atoms with E-state index in [4.69, 9.17) is 0 Å². The molecule has 0 saturated carbocycles. The molecule has 5 nitrogen and oxygen atoms in total. The van der Waals surface area contributed by atoms with Crippen LogP contribution >= 0.6 is 0 Å². The molecule has 106 valence electrons. The van der Waals surface area contributed by atoms with Crippen molar-refractivity contribution in [3.63, 3.8) is 0 Å². The number of benzene rings is 1. The Morgan fingerprint density at radius 2 is 2.05 bits per heavy atom. The maximum Gasteiger partial charge on any atom is 0.155 e. The van der Waals surface area contributed by atoms with Crippen LogP contribution in [0.3, 0.4) is 0 Å². The number of aliphatic hydroxyl groups excluding tert-OH is 1. The summed E-state index contributed by atoms with van der Waals surface area (Å²) in [5, 5.41) is 13.8. The molecule has 5 heteroatoms. The Labute approximate surface area is 118 Å². The molecule has 0 aliphatic carbocycles. The molecule has 2 aromatic rings. The summed E-state index contributed by atoms with van der Waals surface area (Å²) in [5.74, 6) is 0.699. The molecule has 1 N–H and O–H groups in total. The van der Waals surface area contributed by atoms with Crippen molar-refractivity contribution in [1.82, 2.24) is 9.78 Å². The van der Waals surface area contributed by atoms with Crippen LogP contribution in [-0.4, -0.2) is 40.9 Å². The number of hydrogen-bond acceptors (Lipinski definition) is 4. The number of carbonyl (C=O) groups is 1. The number of para-hydroxylation sites is 1. The first kappa shape index (κ1) is 14.3. The van der Waals surface area contributed by atoms with Crippen LogP contribution in [-0.2, 0) is 0 Å². The minimum Gasteiger partial charge on any atom is -0.394 e. The third-order valence-electron chi connectivity index (χ3n) is 3.46. The van der Waals surface area contributed by atoms with Crippen molar-refractivity contribution >= 4 is 12.1 Å². The fraction of sp³-hybridized carbons (Fsp3) is 0.333. The molecule has 1 unspecified atom stereocenters. The Hall–Kier alpha value is -2.14. The fourth-order valence-corrected chi connectivity index (χ4v) is 2.08. The fourth-order valence-electron chi connectivity index (χ4n) is 2.08. The van der Waals surface area contributed by atoms with E-state index >= 15 is 0 Å². The van der Waals surface area contributed by atoms with Gasteiger partial charge < -0.3 is 10.0 Å². The van der Waals surface area contributed by atoms with Gasteiger partial charge in [-0.15, -0.1) is 0 Å². The highest BCUT2D eigenvalue weighted by atomic mass is 16.3. The predicted octanol–water partition coefficient (Wildman–Crippen LogP) is 1.81. The number of carbonyl (C=O) groups excluding carboxylic acids is 1. The summed E-state index contributed by atoms with van der Waals surface area (Å²) in [6.45, 7) is 3.71. The largest absolute Gasteiger partial charge is 0.394 e. The highest BCUT2D eigenvalue weighted by Gasteiger charge is 2.22. The van der Waals surface area contributed by atoms with Crippen LogP contribution in [0.25, 0.3) is 5.69 Å². The van der Waals surface area contributed by atoms with Crippen molar-refractivity contribution in [3.8, 4) is 5.69 Å². The molecule has 2 rings (SSSR count). The third kappa shape index (κ3) is 2.44. The van der Waals surface area contributed by atoms with E-state index in [9.17, 15) is 9.90 Å². The second-order valence-corrected chi connectivity index (χ2v) is 4.83. The highest BCUT2D eigenvalue weighted by molar-refractivity contribution is 5.85. The smallest absolute Gasteiger partial charge is 0.155 e. The van der Waals surface area contributed by atoms with Crippen LogP contribution in [0, 0.1) is 6.92 Å². The summed E-state index contributed by atoms with van der Waals surface area (Å²) >= 11 is 0. The quantitative estimate of drug-likeness (QED) is 0.844. The normalized spacial score (nSPS) is 12.2. The van der Waals surface area contributed by atoms with Crippen LogP contribution in [0.15, 0.2) is 30.3 Å². The van der Waals surface area contributed by atoms with Gasteiger partial charge in [0.05, 0.1) is 29.6 Å². The maximum absolute atomic E-state index is 11.4. The topological polar surface area (TPSA) is 58.4 Å². The highest BCUT2D eigenvalue weighted by Crippen LogP contribution is 2.26. The number of anilines is 1. The van der Waals surface area contributed by atoms with Crippen molar-refractivity contribution in [2.75, 3.05) is 18.6 Å². The van der Waals surface area contributed by atoms with Gasteiger partial charge in [-0.3, -0.25) is 4.79 Å². The molecular formula is C15H19N3O2. The zero-order chi connectivity index (χ0) is 14.7. The van der Waals surface area contributed by atoms with Crippen LogP contribution < -0.4 is 4.90 Å². The molecule has 0 saturated heterocycles. The Morgan fingerprint density at radius 3 is 2.60 bits per heavy atom. The van der Waals surface area contributed by atoms with E-state index in [1.807, 2.05) is 56.1 Å². The minimum atomic E-state index is -0.104. The van der Waals surface area contributed by atoms with Crippen molar-refractivity contribution in [2.45, 2.75) is 19.9 Å². The number of nitrogens with zero attached hydrogens (tertiary/aromatic N) is 3. The number of hydrogen-bond donors (Lipinski definition) is 1. The zero-order valence-electron chi connectivity index (χ0n) is 11.9. The lowest BCUT2D eigenvalue weighted by Gasteiger charge is -2.26. The van der Waals surface area contributed by atoms with Crippen LogP contribution in [0.5, 0.6) is 0 Å². The van der Waals surface area contributed by atoms with Gasteiger partial charge in [0.15, 0.2) is 6.29 Å². The number of aldehydes is 1. The standard InChI is InChI=1S/C15H19N3O2/c1-11(9-19)17(3)15-14(10-20)12(2)16-18(15)13-7-5-4-6-8-13/h4-8,10-11,19H,9H2,1-3H3. The number of rotatable bonds is 5. The first-order valence-electron chi connectivity index (χ1n) is 6.54. The predicted molar refractivity (Wildman–Crippen MR) is 78.6 cm³/mol. The maximum atomic E-state index is 11.4. The van der Waals surface area contributed by atoms with Crippen LogP contribution in [0.4, 0.5) is 5.82 Å². The molecule has 1 atom stereocenters. The van der Waals surface area contributed by atoms with Crippen LogP contribution in [0.2, 0.25) is 0 Å². The molecule has 1 heterocycles. The SMILES string of the molecule is Cc1nn(-c2ccccc2)c(N(C)C(C)CO)c1C=O. The second kappa shape index (κ2) is 5.88. The molecular weight excluding hydrogens is 254 g/mol. The summed E-state index contributed by atoms with van der Waals surface area (Å²) < 4.78 is 1.74. The molecule has 20 heavy (non-hydrogen) atoms. The summed E-state index contributed by atoms with van der Waals surface area (Å²) in [7, 11) is 1.85. The number of likely N-dealkylation sites (N-methyl/N-ethyl adjacent to an activating group) is 1. The third-order valence-corrected chi connectivity index (χ3v) is 3.46. The summed E-state index contributed by atoms with van der Waals surface area (Å²) in [4.78, 5) is 13.2. The molecule has 0 spiro atoms. The molecule has 0 bridgehead atoms. The first-order valence-corrected chi connectivity index (χ1v) is 6.54. The van der Waals surface area contributed by atoms with Gasteiger partial charge in [-0.2, -0.15) is 5.10 Å². The van der Waals surface area contributed by atoms with Crippen molar-refractivity contribution in [3.05, 3.63) is 41.6 Å². The van der Waals surface area contributed by atoms with Gasteiger partial charge in [-0.25, -0.2) is 4.68 Å². The van der Waals surface area contributed by atoms with Gasteiger partial charge in [0.2, 0.25) is 0 Å². The summed E-state index contributed by atoms with van der Waals surface area (Å²) in [6.07, 6.45) is 0.817. The Bertz CT molecular complexity index is 593. The molecule has 0 aliphatic rings. The van der Waals surface area contributed by atoms with E-state index in [-0.39, 0.29) is 12.6 Å². The average molecular weight is 273 g/mol. The van der Waals surface area contributed by atoms with Crippen molar-refractivity contribution in [1.29, 1.82) is 0 Å². The lowest BCUT2D eigenvalue weighted by molar-refractivity contribution is 0.112. The van der Waals surface area contributed by atoms with Crippen molar-refractivity contribution < 1.29 is 9.90 Å². The number of aromatic nitrogens is 2. The van der Waals surface area contributed by atoms with E-state index in [1.165, 1.54) is 0 Å². The molecule has 1 aromatic carbocycles. The minimum absolute atomic E-state index is 0.00775. The van der Waals surface area contributed by atoms with Gasteiger partial charge in [0, 0.05) is 7.05 Å². The van der Waals surface area contributed by atoms with E-state index in [2.05, 4.69) is 5.10 Å². The lowest BCUT2D eigenvalue weighted by atomic mass is 10.2. The van der Waals surface area contributed by atoms with E-state index < -0.39 is 0 Å². The average Bonchev–Trinajstić information content (AvgIpc) is 2.83. The monoisotopic (exact) mass is 273 g/mol. The summed E-state index contributed by atoms with van der Waals surface area (Å²) in [6, 6.07) is 9.54. The van der Waals surface area contributed by atoms with E-state index in [1.54, 1.807) is 4.68 Å². The second-order valence-electron chi connectivity index (χ2n) is 4.83.